The molecule has 18 heavy (non-hydrogen) atoms. The van der Waals surface area contributed by atoms with Gasteiger partial charge < -0.3 is 11.1 Å². The lowest BCUT2D eigenvalue weighted by atomic mass is 9.99. The second kappa shape index (κ2) is 6.64. The molecular formula is C14H19N3S. The zero-order valence-electron chi connectivity index (χ0n) is 10.6. The molecule has 1 heterocycles. The summed E-state index contributed by atoms with van der Waals surface area (Å²) in [5.74, 6) is 0.368. The van der Waals surface area contributed by atoms with Crippen molar-refractivity contribution in [2.24, 2.45) is 5.73 Å². The lowest BCUT2D eigenvalue weighted by molar-refractivity contribution is 0.587. The fraction of sp³-hybridized carbons (Fsp3) is 0.357. The molecule has 2 aromatic rings. The number of aromatic nitrogens is 1. The molecule has 1 aromatic carbocycles. The van der Waals surface area contributed by atoms with Gasteiger partial charge in [-0.2, -0.15) is 0 Å². The Hall–Kier alpha value is -1.23. The normalized spacial score (nSPS) is 12.6. The van der Waals surface area contributed by atoms with Crippen LogP contribution in [-0.4, -0.2) is 18.1 Å². The maximum Gasteiger partial charge on any atom is 0.107 e. The van der Waals surface area contributed by atoms with E-state index in [2.05, 4.69) is 41.5 Å². The third-order valence-electron chi connectivity index (χ3n) is 2.89. The molecule has 2 rings (SSSR count). The summed E-state index contributed by atoms with van der Waals surface area (Å²) in [5.41, 5.74) is 7.13. The first-order chi connectivity index (χ1) is 8.79. The fourth-order valence-electron chi connectivity index (χ4n) is 1.90. The molecule has 0 spiro atoms. The zero-order valence-corrected chi connectivity index (χ0v) is 11.4. The highest BCUT2D eigenvalue weighted by atomic mass is 32.1. The second-order valence-corrected chi connectivity index (χ2v) is 5.66. The Morgan fingerprint density at radius 3 is 2.72 bits per heavy atom. The van der Waals surface area contributed by atoms with Gasteiger partial charge in [-0.25, -0.2) is 4.98 Å². The minimum absolute atomic E-state index is 0.368. The third kappa shape index (κ3) is 3.63. The summed E-state index contributed by atoms with van der Waals surface area (Å²) in [5, 5.41) is 4.57. The number of benzene rings is 1. The van der Waals surface area contributed by atoms with Crippen LogP contribution >= 0.6 is 11.3 Å². The number of nitrogens with zero attached hydrogens (tertiary/aromatic N) is 1. The Morgan fingerprint density at radius 1 is 1.33 bits per heavy atom. The van der Waals surface area contributed by atoms with Crippen LogP contribution in [0, 0.1) is 6.92 Å². The molecule has 3 N–H and O–H groups in total. The van der Waals surface area contributed by atoms with Gasteiger partial charge in [0.05, 0.1) is 0 Å². The molecule has 0 saturated heterocycles. The predicted octanol–water partition coefficient (Wildman–Crippen LogP) is 2.28. The minimum atomic E-state index is 0.368. The van der Waals surface area contributed by atoms with Gasteiger partial charge in [0.15, 0.2) is 0 Å². The quantitative estimate of drug-likeness (QED) is 0.839. The summed E-state index contributed by atoms with van der Waals surface area (Å²) in [6.07, 6.45) is 1.92. The van der Waals surface area contributed by atoms with Crippen LogP contribution in [0.2, 0.25) is 0 Å². The van der Waals surface area contributed by atoms with Crippen molar-refractivity contribution in [1.82, 2.24) is 10.3 Å². The van der Waals surface area contributed by atoms with E-state index in [9.17, 15) is 0 Å². The van der Waals surface area contributed by atoms with Crippen molar-refractivity contribution in [3.63, 3.8) is 0 Å². The Labute approximate surface area is 112 Å². The van der Waals surface area contributed by atoms with Crippen molar-refractivity contribution in [1.29, 1.82) is 0 Å². The molecule has 3 nitrogen and oxygen atoms in total. The van der Waals surface area contributed by atoms with Crippen molar-refractivity contribution in [3.05, 3.63) is 52.0 Å². The van der Waals surface area contributed by atoms with Crippen LogP contribution < -0.4 is 11.1 Å². The molecule has 1 atom stereocenters. The molecule has 0 amide bonds. The van der Waals surface area contributed by atoms with E-state index < -0.39 is 0 Å². The fourth-order valence-corrected chi connectivity index (χ4v) is 2.66. The highest BCUT2D eigenvalue weighted by molar-refractivity contribution is 7.11. The van der Waals surface area contributed by atoms with Crippen LogP contribution in [0.25, 0.3) is 0 Å². The van der Waals surface area contributed by atoms with Crippen LogP contribution in [0.5, 0.6) is 0 Å². The molecule has 0 aliphatic rings. The van der Waals surface area contributed by atoms with Gasteiger partial charge in [0, 0.05) is 36.6 Å². The van der Waals surface area contributed by atoms with E-state index >= 15 is 0 Å². The summed E-state index contributed by atoms with van der Waals surface area (Å²) < 4.78 is 0. The molecule has 4 heteroatoms. The molecule has 0 saturated carbocycles. The summed E-state index contributed by atoms with van der Waals surface area (Å²) in [7, 11) is 0. The first-order valence-corrected chi connectivity index (χ1v) is 6.98. The Balaban J connectivity index is 1.84. The van der Waals surface area contributed by atoms with Gasteiger partial charge in [0.1, 0.15) is 5.01 Å². The molecule has 0 aliphatic heterocycles. The third-order valence-corrected chi connectivity index (χ3v) is 3.80. The lowest BCUT2D eigenvalue weighted by Crippen LogP contribution is -2.26. The van der Waals surface area contributed by atoms with E-state index in [0.717, 1.165) is 18.1 Å². The van der Waals surface area contributed by atoms with Gasteiger partial charge in [-0.3, -0.25) is 0 Å². The van der Waals surface area contributed by atoms with E-state index in [1.54, 1.807) is 11.3 Å². The van der Waals surface area contributed by atoms with Gasteiger partial charge in [-0.1, -0.05) is 30.3 Å². The average molecular weight is 261 g/mol. The molecule has 1 unspecified atom stereocenters. The lowest BCUT2D eigenvalue weighted by Gasteiger charge is -2.15. The van der Waals surface area contributed by atoms with Gasteiger partial charge in [-0.15, -0.1) is 11.3 Å². The van der Waals surface area contributed by atoms with Crippen LogP contribution in [0.15, 0.2) is 36.5 Å². The summed E-state index contributed by atoms with van der Waals surface area (Å²) in [6.45, 7) is 4.45. The molecule has 0 bridgehead atoms. The molecule has 0 radical (unpaired) electrons. The highest BCUT2D eigenvalue weighted by Crippen LogP contribution is 2.14. The standard InChI is InChI=1S/C14H19N3S/c1-11-8-17-14(18-11)10-16-9-13(7-15)12-5-3-2-4-6-12/h2-6,8,13,16H,7,9-10,15H2,1H3. The first-order valence-electron chi connectivity index (χ1n) is 6.16. The van der Waals surface area contributed by atoms with Gasteiger partial charge in [-0.05, 0) is 12.5 Å². The van der Waals surface area contributed by atoms with Crippen molar-refractivity contribution >= 4 is 11.3 Å². The SMILES string of the molecule is Cc1cnc(CNCC(CN)c2ccccc2)s1. The zero-order chi connectivity index (χ0) is 12.8. The highest BCUT2D eigenvalue weighted by Gasteiger charge is 2.08. The Bertz CT molecular complexity index is 467. The van der Waals surface area contributed by atoms with E-state index in [-0.39, 0.29) is 0 Å². The monoisotopic (exact) mass is 261 g/mol. The largest absolute Gasteiger partial charge is 0.330 e. The Morgan fingerprint density at radius 2 is 2.11 bits per heavy atom. The molecule has 0 fully saturated rings. The maximum absolute atomic E-state index is 5.84. The second-order valence-electron chi connectivity index (χ2n) is 4.34. The molecule has 0 aliphatic carbocycles. The van der Waals surface area contributed by atoms with E-state index in [1.165, 1.54) is 10.4 Å². The number of aryl methyl sites for hydroxylation is 1. The van der Waals surface area contributed by atoms with Crippen molar-refractivity contribution in [3.8, 4) is 0 Å². The van der Waals surface area contributed by atoms with Gasteiger partial charge in [0.25, 0.3) is 0 Å². The molecule has 1 aromatic heterocycles. The Kier molecular flexibility index (Phi) is 4.87. The van der Waals surface area contributed by atoms with Crippen molar-refractivity contribution in [2.45, 2.75) is 19.4 Å². The van der Waals surface area contributed by atoms with Crippen molar-refractivity contribution in [2.75, 3.05) is 13.1 Å². The van der Waals surface area contributed by atoms with Gasteiger partial charge >= 0.3 is 0 Å². The number of nitrogens with two attached hydrogens (primary N) is 1. The topological polar surface area (TPSA) is 50.9 Å². The van der Waals surface area contributed by atoms with Crippen LogP contribution in [0.4, 0.5) is 0 Å². The van der Waals surface area contributed by atoms with Crippen molar-refractivity contribution < 1.29 is 0 Å². The smallest absolute Gasteiger partial charge is 0.107 e. The van der Waals surface area contributed by atoms with E-state index in [0.29, 0.717) is 12.5 Å². The summed E-state index contributed by atoms with van der Waals surface area (Å²) >= 11 is 1.74. The number of nitrogens with one attached hydrogen (secondary N) is 1. The number of hydrogen-bond acceptors (Lipinski definition) is 4. The first kappa shape index (κ1) is 13.2. The van der Waals surface area contributed by atoms with Crippen LogP contribution in [0.1, 0.15) is 21.4 Å². The van der Waals surface area contributed by atoms with Crippen LogP contribution in [-0.2, 0) is 6.54 Å². The summed E-state index contributed by atoms with van der Waals surface area (Å²) in [6, 6.07) is 10.4. The van der Waals surface area contributed by atoms with E-state index in [1.807, 2.05) is 12.3 Å². The number of rotatable bonds is 6. The molecule has 96 valence electrons. The summed E-state index contributed by atoms with van der Waals surface area (Å²) in [4.78, 5) is 5.59. The number of hydrogen-bond donors (Lipinski definition) is 2. The van der Waals surface area contributed by atoms with Crippen LogP contribution in [0.3, 0.4) is 0 Å². The molecular weight excluding hydrogens is 242 g/mol. The number of thiazole rings is 1. The van der Waals surface area contributed by atoms with Gasteiger partial charge in [0.2, 0.25) is 0 Å². The van der Waals surface area contributed by atoms with E-state index in [4.69, 9.17) is 5.73 Å². The maximum atomic E-state index is 5.84. The minimum Gasteiger partial charge on any atom is -0.330 e. The average Bonchev–Trinajstić information content (AvgIpc) is 2.81. The predicted molar refractivity (Wildman–Crippen MR) is 76.8 cm³/mol.